The van der Waals surface area contributed by atoms with E-state index in [1.165, 1.54) is 23.6 Å². The highest BCUT2D eigenvalue weighted by Gasteiger charge is 2.52. The molecule has 3 rings (SSSR count). The molecule has 12 nitrogen and oxygen atoms in total. The molecular weight excluding hydrogens is 374 g/mol. The van der Waals surface area contributed by atoms with Crippen LogP contribution in [-0.4, -0.2) is 62.5 Å². The Morgan fingerprint density at radius 3 is 2.93 bits per heavy atom. The number of amides is 1. The van der Waals surface area contributed by atoms with Gasteiger partial charge in [0.05, 0.1) is 18.4 Å². The van der Waals surface area contributed by atoms with Crippen LogP contribution in [0.2, 0.25) is 0 Å². The Morgan fingerprint density at radius 1 is 1.50 bits per heavy atom. The van der Waals surface area contributed by atoms with E-state index < -0.39 is 36.7 Å². The van der Waals surface area contributed by atoms with Crippen LogP contribution in [0.3, 0.4) is 0 Å². The van der Waals surface area contributed by atoms with Crippen LogP contribution in [0.25, 0.3) is 5.52 Å². The molecule has 0 unspecified atom stereocenters. The SMILES string of the molecule is CC(=O)OCOC(=O)Nc1ncnn2c([C@]3(C#N)O[C@@H](CO)C[C@H]3O)ccc12. The molecule has 1 amide bonds. The van der Waals surface area contributed by atoms with Crippen molar-refractivity contribution in [1.82, 2.24) is 14.6 Å². The minimum absolute atomic E-state index is 0.0633. The monoisotopic (exact) mass is 391 g/mol. The number of hydrogen-bond acceptors (Lipinski definition) is 10. The lowest BCUT2D eigenvalue weighted by atomic mass is 9.94. The van der Waals surface area contributed by atoms with Crippen molar-refractivity contribution >= 4 is 23.4 Å². The summed E-state index contributed by atoms with van der Waals surface area (Å²) in [6, 6.07) is 4.99. The zero-order valence-corrected chi connectivity index (χ0v) is 14.7. The minimum Gasteiger partial charge on any atom is -0.428 e. The third-order valence-corrected chi connectivity index (χ3v) is 4.18. The Bertz CT molecular complexity index is 939. The number of fused-ring (bicyclic) bond motifs is 1. The Morgan fingerprint density at radius 2 is 2.29 bits per heavy atom. The van der Waals surface area contributed by atoms with Crippen molar-refractivity contribution in [2.75, 3.05) is 18.7 Å². The largest absolute Gasteiger partial charge is 0.428 e. The quantitative estimate of drug-likeness (QED) is 0.453. The standard InChI is InChI=1S/C16H17N5O7/c1-9(23)26-8-27-15(25)20-14-11-2-3-12(21(11)19-7-18-14)16(6-17)13(24)4-10(5-22)28-16/h2-3,7,10,13,22,24H,4-5,8H2,1H3,(H,18,19,20,25)/t10-,13-,16+/m1/s1. The van der Waals surface area contributed by atoms with Crippen molar-refractivity contribution < 1.29 is 34.0 Å². The van der Waals surface area contributed by atoms with E-state index in [0.29, 0.717) is 5.52 Å². The van der Waals surface area contributed by atoms with Gasteiger partial charge in [-0.2, -0.15) is 10.4 Å². The molecule has 3 atom stereocenters. The van der Waals surface area contributed by atoms with Gasteiger partial charge in [-0.1, -0.05) is 0 Å². The van der Waals surface area contributed by atoms with Gasteiger partial charge in [-0.05, 0) is 12.1 Å². The molecule has 0 saturated carbocycles. The van der Waals surface area contributed by atoms with Gasteiger partial charge in [0.1, 0.15) is 24.0 Å². The number of aromatic nitrogens is 3. The number of rotatable bonds is 5. The molecule has 3 N–H and O–H groups in total. The number of nitrogens with one attached hydrogen (secondary N) is 1. The van der Waals surface area contributed by atoms with Crippen molar-refractivity contribution in [2.24, 2.45) is 0 Å². The average molecular weight is 391 g/mol. The highest BCUT2D eigenvalue weighted by atomic mass is 16.7. The van der Waals surface area contributed by atoms with Crippen LogP contribution in [0, 0.1) is 11.3 Å². The number of ether oxygens (including phenoxy) is 3. The van der Waals surface area contributed by atoms with Gasteiger partial charge in [0.25, 0.3) is 0 Å². The molecule has 2 aromatic heterocycles. The first kappa shape index (κ1) is 19.5. The van der Waals surface area contributed by atoms with E-state index in [1.54, 1.807) is 0 Å². The van der Waals surface area contributed by atoms with Crippen LogP contribution in [0.15, 0.2) is 18.5 Å². The molecule has 0 bridgehead atoms. The first-order chi connectivity index (χ1) is 13.4. The maximum absolute atomic E-state index is 11.8. The van der Waals surface area contributed by atoms with Crippen LogP contribution >= 0.6 is 0 Å². The van der Waals surface area contributed by atoms with E-state index in [0.717, 1.165) is 6.33 Å². The fraction of sp³-hybridized carbons (Fsp3) is 0.438. The lowest BCUT2D eigenvalue weighted by Gasteiger charge is -2.24. The smallest absolute Gasteiger partial charge is 0.415 e. The van der Waals surface area contributed by atoms with Crippen molar-refractivity contribution in [3.63, 3.8) is 0 Å². The van der Waals surface area contributed by atoms with Gasteiger partial charge >= 0.3 is 12.1 Å². The fourth-order valence-corrected chi connectivity index (χ4v) is 2.92. The lowest BCUT2D eigenvalue weighted by molar-refractivity contribution is -0.148. The predicted octanol–water partition coefficient (Wildman–Crippen LogP) is -0.341. The number of esters is 1. The van der Waals surface area contributed by atoms with Crippen LogP contribution in [-0.2, 0) is 24.6 Å². The number of anilines is 1. The number of carbonyl (C=O) groups excluding carboxylic acids is 2. The van der Waals surface area contributed by atoms with Crippen molar-refractivity contribution in [1.29, 1.82) is 5.26 Å². The highest BCUT2D eigenvalue weighted by molar-refractivity contribution is 5.88. The fourth-order valence-electron chi connectivity index (χ4n) is 2.92. The van der Waals surface area contributed by atoms with Crippen LogP contribution in [0.4, 0.5) is 10.6 Å². The van der Waals surface area contributed by atoms with Gasteiger partial charge in [0.15, 0.2) is 5.82 Å². The van der Waals surface area contributed by atoms with Gasteiger partial charge in [-0.15, -0.1) is 0 Å². The van der Waals surface area contributed by atoms with Gasteiger partial charge in [0, 0.05) is 13.3 Å². The number of aliphatic hydroxyl groups is 2. The number of aliphatic hydroxyl groups excluding tert-OH is 2. The summed E-state index contributed by atoms with van der Waals surface area (Å²) in [6.45, 7) is 0.262. The average Bonchev–Trinajstić information content (AvgIpc) is 3.23. The number of nitriles is 1. The zero-order chi connectivity index (χ0) is 20.3. The maximum Gasteiger partial charge on any atom is 0.415 e. The number of nitrogens with zero attached hydrogens (tertiary/aromatic N) is 4. The summed E-state index contributed by atoms with van der Waals surface area (Å²) in [4.78, 5) is 26.5. The van der Waals surface area contributed by atoms with E-state index in [2.05, 4.69) is 20.1 Å². The third-order valence-electron chi connectivity index (χ3n) is 4.18. The number of carbonyl (C=O) groups is 2. The Kier molecular flexibility index (Phi) is 5.41. The third kappa shape index (κ3) is 3.46. The predicted molar refractivity (Wildman–Crippen MR) is 89.6 cm³/mol. The molecular formula is C16H17N5O7. The topological polar surface area (TPSA) is 168 Å². The summed E-state index contributed by atoms with van der Waals surface area (Å²) in [5, 5.41) is 35.8. The van der Waals surface area contributed by atoms with Crippen LogP contribution < -0.4 is 5.32 Å². The molecule has 1 aliphatic rings. The summed E-state index contributed by atoms with van der Waals surface area (Å²) >= 11 is 0. The van der Waals surface area contributed by atoms with E-state index in [1.807, 2.05) is 6.07 Å². The highest BCUT2D eigenvalue weighted by Crippen LogP contribution is 2.40. The second kappa shape index (κ2) is 7.77. The van der Waals surface area contributed by atoms with E-state index in [4.69, 9.17) is 9.47 Å². The molecule has 2 aromatic rings. The van der Waals surface area contributed by atoms with Gasteiger partial charge in [-0.3, -0.25) is 10.1 Å². The summed E-state index contributed by atoms with van der Waals surface area (Å²) in [5.74, 6) is -0.542. The molecule has 28 heavy (non-hydrogen) atoms. The van der Waals surface area contributed by atoms with E-state index in [9.17, 15) is 25.1 Å². The molecule has 0 aromatic carbocycles. The molecule has 1 aliphatic heterocycles. The Balaban J connectivity index is 1.88. The van der Waals surface area contributed by atoms with Gasteiger partial charge < -0.3 is 24.4 Å². The van der Waals surface area contributed by atoms with Crippen molar-refractivity contribution in [3.05, 3.63) is 24.2 Å². The molecule has 0 aliphatic carbocycles. The second-order valence-corrected chi connectivity index (χ2v) is 5.96. The number of hydrogen-bond donors (Lipinski definition) is 3. The lowest BCUT2D eigenvalue weighted by Crippen LogP contribution is -2.36. The van der Waals surface area contributed by atoms with E-state index >= 15 is 0 Å². The van der Waals surface area contributed by atoms with Gasteiger partial charge in [0.2, 0.25) is 12.4 Å². The molecule has 148 valence electrons. The molecule has 0 radical (unpaired) electrons. The molecule has 12 heteroatoms. The van der Waals surface area contributed by atoms with Crippen LogP contribution in [0.1, 0.15) is 19.0 Å². The molecule has 1 fully saturated rings. The normalized spacial score (nSPS) is 23.9. The van der Waals surface area contributed by atoms with Crippen LogP contribution in [0.5, 0.6) is 0 Å². The molecule has 1 saturated heterocycles. The summed E-state index contributed by atoms with van der Waals surface area (Å²) in [7, 11) is 0. The molecule has 0 spiro atoms. The van der Waals surface area contributed by atoms with Crippen molar-refractivity contribution in [2.45, 2.75) is 31.2 Å². The van der Waals surface area contributed by atoms with E-state index in [-0.39, 0.29) is 24.5 Å². The molecule has 3 heterocycles. The Hall–Kier alpha value is -3.27. The first-order valence-corrected chi connectivity index (χ1v) is 8.19. The summed E-state index contributed by atoms with van der Waals surface area (Å²) < 4.78 is 16.1. The minimum atomic E-state index is -1.73. The maximum atomic E-state index is 11.8. The zero-order valence-electron chi connectivity index (χ0n) is 14.7. The Labute approximate surface area is 158 Å². The van der Waals surface area contributed by atoms with Gasteiger partial charge in [-0.25, -0.2) is 14.3 Å². The first-order valence-electron chi connectivity index (χ1n) is 8.19. The van der Waals surface area contributed by atoms with Crippen molar-refractivity contribution in [3.8, 4) is 6.07 Å². The summed E-state index contributed by atoms with van der Waals surface area (Å²) in [5.41, 5.74) is -1.21. The second-order valence-electron chi connectivity index (χ2n) is 5.96. The summed E-state index contributed by atoms with van der Waals surface area (Å²) in [6.07, 6.45) is -1.59.